The quantitative estimate of drug-likeness (QED) is 0.432. The van der Waals surface area contributed by atoms with Gasteiger partial charge in [0.1, 0.15) is 6.07 Å². The van der Waals surface area contributed by atoms with Gasteiger partial charge in [-0.05, 0) is 25.1 Å². The Bertz CT molecular complexity index is 749. The SMILES string of the molecule is CCOC(=O)/C(C#N)=N/Nc1cccc(S(=O)(=O)N(CC)CC)c1. The Kier molecular flexibility index (Phi) is 7.35. The molecule has 0 heterocycles. The van der Waals surface area contributed by atoms with Crippen LogP contribution in [0.25, 0.3) is 0 Å². The van der Waals surface area contributed by atoms with Gasteiger partial charge in [0.15, 0.2) is 0 Å². The van der Waals surface area contributed by atoms with Crippen LogP contribution in [0.5, 0.6) is 0 Å². The Morgan fingerprint density at radius 1 is 1.33 bits per heavy atom. The lowest BCUT2D eigenvalue weighted by Gasteiger charge is -2.18. The molecule has 24 heavy (non-hydrogen) atoms. The maximum atomic E-state index is 12.5. The third-order valence-corrected chi connectivity index (χ3v) is 5.09. The number of hydrogen-bond donors (Lipinski definition) is 1. The molecule has 0 spiro atoms. The van der Waals surface area contributed by atoms with Crippen molar-refractivity contribution >= 4 is 27.4 Å². The Morgan fingerprint density at radius 3 is 2.54 bits per heavy atom. The van der Waals surface area contributed by atoms with Gasteiger partial charge in [0.05, 0.1) is 17.2 Å². The Labute approximate surface area is 141 Å². The first-order valence-corrected chi connectivity index (χ1v) is 8.85. The van der Waals surface area contributed by atoms with Crippen molar-refractivity contribution in [3.63, 3.8) is 0 Å². The molecule has 0 aromatic heterocycles. The van der Waals surface area contributed by atoms with Gasteiger partial charge >= 0.3 is 5.97 Å². The zero-order chi connectivity index (χ0) is 18.2. The van der Waals surface area contributed by atoms with Crippen molar-refractivity contribution in [1.82, 2.24) is 4.31 Å². The van der Waals surface area contributed by atoms with Crippen LogP contribution in [0, 0.1) is 11.3 Å². The van der Waals surface area contributed by atoms with Gasteiger partial charge in [-0.25, -0.2) is 13.2 Å². The van der Waals surface area contributed by atoms with E-state index in [0.29, 0.717) is 18.8 Å². The molecule has 0 saturated heterocycles. The Balaban J connectivity index is 3.06. The van der Waals surface area contributed by atoms with Crippen molar-refractivity contribution in [2.45, 2.75) is 25.7 Å². The average Bonchev–Trinajstić information content (AvgIpc) is 2.57. The number of sulfonamides is 1. The number of hydrazone groups is 1. The van der Waals surface area contributed by atoms with E-state index in [1.54, 1.807) is 39.0 Å². The molecule has 0 aliphatic heterocycles. The summed E-state index contributed by atoms with van der Waals surface area (Å²) < 4.78 is 31.0. The van der Waals surface area contributed by atoms with E-state index >= 15 is 0 Å². The standard InChI is InChI=1S/C15H20N4O4S/c1-4-19(5-2)24(21,22)13-9-7-8-12(10-13)17-18-14(11-16)15(20)23-6-3/h7-10,17H,4-6H2,1-3H3/b18-14+. The van der Waals surface area contributed by atoms with Crippen molar-refractivity contribution in [1.29, 1.82) is 5.26 Å². The number of nitriles is 1. The van der Waals surface area contributed by atoms with Gasteiger partial charge in [0.2, 0.25) is 15.7 Å². The third-order valence-electron chi connectivity index (χ3n) is 3.05. The molecule has 0 aliphatic rings. The highest BCUT2D eigenvalue weighted by molar-refractivity contribution is 7.89. The minimum atomic E-state index is -3.60. The fraction of sp³-hybridized carbons (Fsp3) is 0.400. The van der Waals surface area contributed by atoms with Crippen LogP contribution in [-0.4, -0.2) is 44.1 Å². The van der Waals surface area contributed by atoms with Crippen LogP contribution in [0.2, 0.25) is 0 Å². The average molecular weight is 352 g/mol. The molecular formula is C15H20N4O4S. The summed E-state index contributed by atoms with van der Waals surface area (Å²) in [6, 6.07) is 7.60. The molecule has 0 fully saturated rings. The van der Waals surface area contributed by atoms with E-state index in [1.807, 2.05) is 0 Å². The van der Waals surface area contributed by atoms with E-state index in [2.05, 4.69) is 15.3 Å². The summed E-state index contributed by atoms with van der Waals surface area (Å²) in [4.78, 5) is 11.6. The van der Waals surface area contributed by atoms with Crippen LogP contribution in [0.4, 0.5) is 5.69 Å². The molecule has 1 rings (SSSR count). The first-order chi connectivity index (χ1) is 11.4. The van der Waals surface area contributed by atoms with Crippen LogP contribution < -0.4 is 5.43 Å². The predicted octanol–water partition coefficient (Wildman–Crippen LogP) is 1.57. The van der Waals surface area contributed by atoms with Gasteiger partial charge in [-0.3, -0.25) is 5.43 Å². The molecule has 0 radical (unpaired) electrons. The van der Waals surface area contributed by atoms with E-state index in [1.165, 1.54) is 16.4 Å². The second kappa shape index (κ2) is 9.00. The van der Waals surface area contributed by atoms with Crippen LogP contribution in [-0.2, 0) is 19.6 Å². The molecule has 1 N–H and O–H groups in total. The third kappa shape index (κ3) is 4.78. The number of rotatable bonds is 8. The largest absolute Gasteiger partial charge is 0.461 e. The highest BCUT2D eigenvalue weighted by Gasteiger charge is 2.21. The highest BCUT2D eigenvalue weighted by Crippen LogP contribution is 2.19. The monoisotopic (exact) mass is 352 g/mol. The van der Waals surface area contributed by atoms with E-state index in [-0.39, 0.29) is 11.5 Å². The Morgan fingerprint density at radius 2 is 2.00 bits per heavy atom. The van der Waals surface area contributed by atoms with E-state index in [9.17, 15) is 13.2 Å². The summed E-state index contributed by atoms with van der Waals surface area (Å²) in [7, 11) is -3.60. The molecule has 0 unspecified atom stereocenters. The second-order valence-corrected chi connectivity index (χ2v) is 6.46. The maximum Gasteiger partial charge on any atom is 0.369 e. The lowest BCUT2D eigenvalue weighted by Crippen LogP contribution is -2.30. The summed E-state index contributed by atoms with van der Waals surface area (Å²) in [5.74, 6) is -0.848. The van der Waals surface area contributed by atoms with E-state index in [0.717, 1.165) is 0 Å². The topological polar surface area (TPSA) is 112 Å². The summed E-state index contributed by atoms with van der Waals surface area (Å²) in [6.07, 6.45) is 0. The van der Waals surface area contributed by atoms with Gasteiger partial charge < -0.3 is 4.74 Å². The van der Waals surface area contributed by atoms with Crippen molar-refractivity contribution in [3.05, 3.63) is 24.3 Å². The first kappa shape index (κ1) is 19.6. The van der Waals surface area contributed by atoms with Gasteiger partial charge in [-0.1, -0.05) is 19.9 Å². The number of esters is 1. The molecular weight excluding hydrogens is 332 g/mol. The lowest BCUT2D eigenvalue weighted by molar-refractivity contribution is -0.134. The number of ether oxygens (including phenoxy) is 1. The molecule has 0 atom stereocenters. The molecule has 0 amide bonds. The zero-order valence-electron chi connectivity index (χ0n) is 13.8. The smallest absolute Gasteiger partial charge is 0.369 e. The van der Waals surface area contributed by atoms with E-state index < -0.39 is 21.7 Å². The Hall–Kier alpha value is -2.44. The lowest BCUT2D eigenvalue weighted by atomic mass is 10.3. The molecule has 0 aliphatic carbocycles. The van der Waals surface area contributed by atoms with Crippen molar-refractivity contribution in [2.24, 2.45) is 5.10 Å². The zero-order valence-corrected chi connectivity index (χ0v) is 14.6. The van der Waals surface area contributed by atoms with Gasteiger partial charge in [0.25, 0.3) is 0 Å². The molecule has 1 aromatic rings. The predicted molar refractivity (Wildman–Crippen MR) is 89.9 cm³/mol. The van der Waals surface area contributed by atoms with Crippen LogP contribution in [0.1, 0.15) is 20.8 Å². The highest BCUT2D eigenvalue weighted by atomic mass is 32.2. The molecule has 8 nitrogen and oxygen atoms in total. The van der Waals surface area contributed by atoms with Crippen LogP contribution in [0.15, 0.2) is 34.3 Å². The number of nitrogens with zero attached hydrogens (tertiary/aromatic N) is 3. The molecule has 0 bridgehead atoms. The molecule has 1 aromatic carbocycles. The number of nitrogens with one attached hydrogen (secondary N) is 1. The number of benzene rings is 1. The number of carbonyl (C=O) groups excluding carboxylic acids is 1. The second-order valence-electron chi connectivity index (χ2n) is 4.52. The van der Waals surface area contributed by atoms with Crippen molar-refractivity contribution < 1.29 is 17.9 Å². The van der Waals surface area contributed by atoms with E-state index in [4.69, 9.17) is 5.26 Å². The summed E-state index contributed by atoms with van der Waals surface area (Å²) in [5, 5.41) is 12.6. The van der Waals surface area contributed by atoms with Gasteiger partial charge in [-0.2, -0.15) is 14.7 Å². The van der Waals surface area contributed by atoms with Gasteiger partial charge in [0, 0.05) is 13.1 Å². The number of anilines is 1. The van der Waals surface area contributed by atoms with Crippen LogP contribution >= 0.6 is 0 Å². The fourth-order valence-corrected chi connectivity index (χ4v) is 3.38. The van der Waals surface area contributed by atoms with Gasteiger partial charge in [-0.15, -0.1) is 0 Å². The maximum absolute atomic E-state index is 12.5. The minimum Gasteiger partial charge on any atom is -0.461 e. The fourth-order valence-electron chi connectivity index (χ4n) is 1.87. The number of carbonyl (C=O) groups is 1. The minimum absolute atomic E-state index is 0.0982. The summed E-state index contributed by atoms with van der Waals surface area (Å²) in [6.45, 7) is 5.96. The summed E-state index contributed by atoms with van der Waals surface area (Å²) >= 11 is 0. The molecule has 130 valence electrons. The first-order valence-electron chi connectivity index (χ1n) is 7.41. The molecule has 0 saturated carbocycles. The van der Waals surface area contributed by atoms with Crippen LogP contribution in [0.3, 0.4) is 0 Å². The van der Waals surface area contributed by atoms with Crippen molar-refractivity contribution in [3.8, 4) is 6.07 Å². The molecule has 9 heteroatoms. The van der Waals surface area contributed by atoms with Crippen molar-refractivity contribution in [2.75, 3.05) is 25.1 Å². The normalized spacial score (nSPS) is 11.9. The number of hydrogen-bond acceptors (Lipinski definition) is 7. The summed E-state index contributed by atoms with van der Waals surface area (Å²) in [5.41, 5.74) is 2.39.